The molecule has 0 atom stereocenters. The van der Waals surface area contributed by atoms with Crippen molar-refractivity contribution in [1.82, 2.24) is 9.36 Å². The second-order valence-electron chi connectivity index (χ2n) is 9.23. The van der Waals surface area contributed by atoms with Crippen molar-refractivity contribution in [2.24, 2.45) is 20.5 Å². The first-order valence-electron chi connectivity index (χ1n) is 12.3. The van der Waals surface area contributed by atoms with Gasteiger partial charge in [-0.15, -0.1) is 20.5 Å². The summed E-state index contributed by atoms with van der Waals surface area (Å²) in [6, 6.07) is 6.16. The standard InChI is InChI=1S/C22H17N7O11S4.C2H4O2.Cu/c23-18-17-9(6-16(44(38,39)40)20(21(17)31)27-25-13-8-24-4-3-14(13)30)5-15(43(35,36)37)19(18)26-28-22-11-7-10(42(32,33)34)1-2-12(11)29-41-22;1-2(3)4;/h1-8,31,38-40H,23H2,(H,24,30)(H,32,33,34)(H,35,36,37);1H3,(H,3,4);. The molecule has 0 amide bonds. The Kier molecular flexibility index (Phi) is 11.6. The molecular weight excluding hydrogens is 786 g/mol. The molecule has 0 bridgehead atoms. The maximum absolute atomic E-state index is 12.3. The number of phenols is 1. The molecule has 0 saturated heterocycles. The van der Waals surface area contributed by atoms with Crippen LogP contribution >= 0.6 is 22.4 Å². The number of aromatic hydroxyl groups is 2. The van der Waals surface area contributed by atoms with Crippen molar-refractivity contribution in [1.29, 1.82) is 0 Å². The predicted octanol–water partition coefficient (Wildman–Crippen LogP) is 5.83. The summed E-state index contributed by atoms with van der Waals surface area (Å²) >= 11 is 0.718. The summed E-state index contributed by atoms with van der Waals surface area (Å²) in [5, 5.41) is 42.9. The molecule has 0 aliphatic carbocycles. The number of azo groups is 2. The molecular formula is C24H21CuN7O13S4. The number of aliphatic carboxylic acids is 1. The molecule has 5 aromatic rings. The van der Waals surface area contributed by atoms with E-state index in [1.165, 1.54) is 12.3 Å². The number of nitrogen functional groups attached to an aromatic ring is 1. The molecule has 0 unspecified atom stereocenters. The number of anilines is 1. The SMILES string of the molecule is CC(=O)O.Nc1c(N=Nc2snc3ccc(S(=O)(=O)O)cc23)c(S(=O)(=O)O)cc2cc(S(O)(O)O)c(N=Nc3cnccc3O)c(O)c12.[Cu]. The molecule has 0 aliphatic rings. The normalized spacial score (nSPS) is 12.6. The number of hydrogen-bond acceptors (Lipinski definition) is 18. The molecule has 2 aromatic heterocycles. The van der Waals surface area contributed by atoms with Crippen LogP contribution in [0.25, 0.3) is 21.7 Å². The fraction of sp³-hybridized carbons (Fsp3) is 0.0417. The molecule has 49 heavy (non-hydrogen) atoms. The van der Waals surface area contributed by atoms with Crippen molar-refractivity contribution in [3.8, 4) is 11.5 Å². The van der Waals surface area contributed by atoms with Gasteiger partial charge in [-0.05, 0) is 47.3 Å². The Morgan fingerprint density at radius 2 is 1.47 bits per heavy atom. The van der Waals surface area contributed by atoms with E-state index in [2.05, 4.69) is 29.8 Å². The second-order valence-corrected chi connectivity index (χ2v) is 14.3. The summed E-state index contributed by atoms with van der Waals surface area (Å²) in [5.74, 6) is -2.17. The van der Waals surface area contributed by atoms with E-state index >= 15 is 0 Å². The van der Waals surface area contributed by atoms with Gasteiger partial charge in [-0.25, -0.2) is 0 Å². The minimum absolute atomic E-state index is 0. The molecule has 5 rings (SSSR count). The number of nitrogens with zero attached hydrogens (tertiary/aromatic N) is 6. The number of nitrogens with two attached hydrogens (primary N) is 1. The molecule has 265 valence electrons. The maximum atomic E-state index is 12.3. The number of pyridine rings is 1. The van der Waals surface area contributed by atoms with Crippen LogP contribution in [0.5, 0.6) is 11.5 Å². The Morgan fingerprint density at radius 3 is 2.04 bits per heavy atom. The van der Waals surface area contributed by atoms with E-state index in [4.69, 9.17) is 15.6 Å². The topological polar surface area (TPSA) is 348 Å². The second kappa shape index (κ2) is 14.6. The zero-order valence-corrected chi connectivity index (χ0v) is 28.1. The van der Waals surface area contributed by atoms with E-state index in [1.54, 1.807) is 0 Å². The van der Waals surface area contributed by atoms with Gasteiger partial charge in [0.25, 0.3) is 26.2 Å². The van der Waals surface area contributed by atoms with E-state index in [-0.39, 0.29) is 49.8 Å². The number of rotatable bonds is 7. The van der Waals surface area contributed by atoms with Gasteiger partial charge in [0.05, 0.1) is 32.6 Å². The van der Waals surface area contributed by atoms with Gasteiger partial charge < -0.3 is 34.7 Å². The third-order valence-electron chi connectivity index (χ3n) is 5.89. The monoisotopic (exact) mass is 806 g/mol. The molecule has 0 saturated carbocycles. The number of carboxylic acid groups (broad SMARTS) is 1. The van der Waals surface area contributed by atoms with E-state index in [1.807, 2.05) is 0 Å². The van der Waals surface area contributed by atoms with Gasteiger partial charge in [0, 0.05) is 41.6 Å². The van der Waals surface area contributed by atoms with Gasteiger partial charge >= 0.3 is 0 Å². The van der Waals surface area contributed by atoms with Crippen LogP contribution in [0, 0.1) is 0 Å². The Labute approximate surface area is 291 Å². The fourth-order valence-corrected chi connectivity index (χ4v) is 6.45. The van der Waals surface area contributed by atoms with Crippen molar-refractivity contribution < 1.29 is 76.8 Å². The van der Waals surface area contributed by atoms with Crippen LogP contribution in [-0.2, 0) is 42.1 Å². The predicted molar refractivity (Wildman–Crippen MR) is 171 cm³/mol. The number of carbonyl (C=O) groups is 1. The molecule has 0 fully saturated rings. The molecule has 0 aliphatic heterocycles. The zero-order valence-electron chi connectivity index (χ0n) is 23.9. The van der Waals surface area contributed by atoms with E-state index in [0.29, 0.717) is 0 Å². The van der Waals surface area contributed by atoms with Gasteiger partial charge in [-0.1, -0.05) is 0 Å². The smallest absolute Gasteiger partial charge is 0.300 e. The summed E-state index contributed by atoms with van der Waals surface area (Å²) < 4.78 is 101. The average molecular weight is 807 g/mol. The van der Waals surface area contributed by atoms with Crippen molar-refractivity contribution in [2.75, 3.05) is 5.73 Å². The van der Waals surface area contributed by atoms with E-state index < -0.39 is 80.0 Å². The van der Waals surface area contributed by atoms with Crippen molar-refractivity contribution >= 4 is 98.0 Å². The van der Waals surface area contributed by atoms with Gasteiger partial charge in [-0.3, -0.25) is 18.9 Å². The molecule has 3 aromatic carbocycles. The molecule has 25 heteroatoms. The Balaban J connectivity index is 0.00000123. The summed E-state index contributed by atoms with van der Waals surface area (Å²) in [6.45, 7) is 1.08. The summed E-state index contributed by atoms with van der Waals surface area (Å²) in [4.78, 5) is 10.5. The first-order chi connectivity index (χ1) is 22.2. The maximum Gasteiger partial charge on any atom is 0.300 e. The van der Waals surface area contributed by atoms with Crippen LogP contribution in [-0.4, -0.2) is 70.2 Å². The first kappa shape index (κ1) is 39.0. The zero-order chi connectivity index (χ0) is 35.8. The minimum atomic E-state index is -5.13. The quantitative estimate of drug-likeness (QED) is 0.0404. The molecule has 0 spiro atoms. The minimum Gasteiger partial charge on any atom is -0.505 e. The van der Waals surface area contributed by atoms with Crippen LogP contribution in [0.2, 0.25) is 0 Å². The molecule has 1 radical (unpaired) electrons. The van der Waals surface area contributed by atoms with Crippen LogP contribution in [0.4, 0.5) is 27.8 Å². The number of benzene rings is 3. The summed E-state index contributed by atoms with van der Waals surface area (Å²) in [7, 11) is -14.4. The van der Waals surface area contributed by atoms with E-state index in [0.717, 1.165) is 55.0 Å². The molecule has 10 N–H and O–H groups in total. The Bertz CT molecular complexity index is 2380. The van der Waals surface area contributed by atoms with E-state index in [9.17, 15) is 49.8 Å². The van der Waals surface area contributed by atoms with Gasteiger partial charge in [-0.2, -0.15) is 21.2 Å². The summed E-state index contributed by atoms with van der Waals surface area (Å²) in [5.41, 5.74) is 4.15. The third-order valence-corrected chi connectivity index (χ3v) is 9.27. The first-order valence-corrected chi connectivity index (χ1v) is 17.5. The largest absolute Gasteiger partial charge is 0.505 e. The molecule has 2 heterocycles. The van der Waals surface area contributed by atoms with Crippen molar-refractivity contribution in [3.05, 3.63) is 48.8 Å². The van der Waals surface area contributed by atoms with Crippen LogP contribution in [0.3, 0.4) is 0 Å². The summed E-state index contributed by atoms with van der Waals surface area (Å²) in [6.07, 6.45) is 2.32. The van der Waals surface area contributed by atoms with Gasteiger partial charge in [0.1, 0.15) is 38.6 Å². The number of hydrogen-bond donors (Lipinski definition) is 9. The van der Waals surface area contributed by atoms with Crippen molar-refractivity contribution in [2.45, 2.75) is 21.6 Å². The fourth-order valence-electron chi connectivity index (χ4n) is 3.91. The van der Waals surface area contributed by atoms with Crippen LogP contribution in [0.1, 0.15) is 6.92 Å². The van der Waals surface area contributed by atoms with Crippen LogP contribution < -0.4 is 5.73 Å². The van der Waals surface area contributed by atoms with Gasteiger partial charge in [0.2, 0.25) is 0 Å². The van der Waals surface area contributed by atoms with Gasteiger partial charge in [0.15, 0.2) is 10.8 Å². The van der Waals surface area contributed by atoms with Crippen molar-refractivity contribution in [3.63, 3.8) is 0 Å². The molecule has 20 nitrogen and oxygen atoms in total. The average Bonchev–Trinajstić information content (AvgIpc) is 3.37. The number of fused-ring (bicyclic) bond motifs is 2. The Hall–Kier alpha value is -4.40. The number of phenolic OH excluding ortho intramolecular Hbond substituents is 1. The third kappa shape index (κ3) is 8.80. The number of carboxylic acids is 1. The number of aromatic nitrogens is 2. The Morgan fingerprint density at radius 1 is 0.857 bits per heavy atom. The van der Waals surface area contributed by atoms with Crippen LogP contribution in [0.15, 0.2) is 83.9 Å².